The number of hydrogen-bond acceptors (Lipinski definition) is 3. The zero-order chi connectivity index (χ0) is 19.6. The standard InChI is InChI=1S/C23H26N2O2S/c1-23-14-12-21(26)25(23)20(16-28-23)22(27)24-15-13-19(17-8-4-2-5-9-17)18-10-6-3-7-11-18/h2-11,19-20H,12-16H2,1H3,(H,24,27). The zero-order valence-corrected chi connectivity index (χ0v) is 17.0. The molecule has 5 heteroatoms. The summed E-state index contributed by atoms with van der Waals surface area (Å²) in [5.41, 5.74) is 2.50. The van der Waals surface area contributed by atoms with Gasteiger partial charge < -0.3 is 10.2 Å². The van der Waals surface area contributed by atoms with Crippen molar-refractivity contribution in [3.8, 4) is 0 Å². The van der Waals surface area contributed by atoms with E-state index in [1.807, 2.05) is 17.0 Å². The highest BCUT2D eigenvalue weighted by molar-refractivity contribution is 8.01. The summed E-state index contributed by atoms with van der Waals surface area (Å²) in [6.07, 6.45) is 2.21. The Morgan fingerprint density at radius 3 is 2.36 bits per heavy atom. The van der Waals surface area contributed by atoms with Crippen LogP contribution in [0.25, 0.3) is 0 Å². The Morgan fingerprint density at radius 2 is 1.75 bits per heavy atom. The summed E-state index contributed by atoms with van der Waals surface area (Å²) in [5, 5.41) is 3.10. The van der Waals surface area contributed by atoms with Gasteiger partial charge >= 0.3 is 0 Å². The van der Waals surface area contributed by atoms with Gasteiger partial charge in [0.15, 0.2) is 0 Å². The van der Waals surface area contributed by atoms with Crippen molar-refractivity contribution in [1.82, 2.24) is 10.2 Å². The van der Waals surface area contributed by atoms with Gasteiger partial charge in [-0.3, -0.25) is 9.59 Å². The normalized spacial score (nSPS) is 23.9. The summed E-state index contributed by atoms with van der Waals surface area (Å²) in [4.78, 5) is 26.7. The molecule has 28 heavy (non-hydrogen) atoms. The maximum absolute atomic E-state index is 12.8. The van der Waals surface area contributed by atoms with Gasteiger partial charge in [-0.1, -0.05) is 60.7 Å². The quantitative estimate of drug-likeness (QED) is 0.811. The van der Waals surface area contributed by atoms with E-state index in [0.717, 1.165) is 12.8 Å². The first-order chi connectivity index (χ1) is 13.6. The number of hydrogen-bond donors (Lipinski definition) is 1. The topological polar surface area (TPSA) is 49.4 Å². The Morgan fingerprint density at radius 1 is 1.14 bits per heavy atom. The Balaban J connectivity index is 1.41. The van der Waals surface area contributed by atoms with E-state index >= 15 is 0 Å². The maximum Gasteiger partial charge on any atom is 0.243 e. The van der Waals surface area contributed by atoms with Crippen LogP contribution >= 0.6 is 11.8 Å². The lowest BCUT2D eigenvalue weighted by molar-refractivity contribution is -0.137. The number of rotatable bonds is 6. The molecule has 2 fully saturated rings. The minimum atomic E-state index is -0.336. The number of carbonyl (C=O) groups is 2. The highest BCUT2D eigenvalue weighted by Crippen LogP contribution is 2.47. The van der Waals surface area contributed by atoms with E-state index in [1.54, 1.807) is 11.8 Å². The molecular weight excluding hydrogens is 368 g/mol. The predicted molar refractivity (Wildman–Crippen MR) is 113 cm³/mol. The van der Waals surface area contributed by atoms with Gasteiger partial charge in [-0.25, -0.2) is 0 Å². The minimum absolute atomic E-state index is 0.0219. The molecule has 2 atom stereocenters. The monoisotopic (exact) mass is 394 g/mol. The fourth-order valence-corrected chi connectivity index (χ4v) is 5.80. The van der Waals surface area contributed by atoms with E-state index in [-0.39, 0.29) is 28.6 Å². The molecule has 0 aromatic heterocycles. The van der Waals surface area contributed by atoms with Crippen LogP contribution in [0.15, 0.2) is 60.7 Å². The summed E-state index contributed by atoms with van der Waals surface area (Å²) in [7, 11) is 0. The van der Waals surface area contributed by atoms with Crippen molar-refractivity contribution >= 4 is 23.6 Å². The van der Waals surface area contributed by atoms with Gasteiger partial charge in [-0.2, -0.15) is 0 Å². The van der Waals surface area contributed by atoms with Crippen LogP contribution in [-0.4, -0.2) is 39.9 Å². The molecule has 2 aliphatic heterocycles. The summed E-state index contributed by atoms with van der Waals surface area (Å²) in [6.45, 7) is 2.67. The second kappa shape index (κ2) is 8.00. The lowest BCUT2D eigenvalue weighted by Gasteiger charge is -2.30. The van der Waals surface area contributed by atoms with Crippen LogP contribution in [0.3, 0.4) is 0 Å². The molecule has 2 unspecified atom stereocenters. The highest BCUT2D eigenvalue weighted by Gasteiger charge is 2.52. The molecule has 0 radical (unpaired) electrons. The van der Waals surface area contributed by atoms with Gasteiger partial charge in [-0.15, -0.1) is 11.8 Å². The van der Waals surface area contributed by atoms with Gasteiger partial charge in [0.2, 0.25) is 11.8 Å². The molecule has 2 heterocycles. The van der Waals surface area contributed by atoms with E-state index < -0.39 is 0 Å². The van der Waals surface area contributed by atoms with E-state index in [9.17, 15) is 9.59 Å². The number of nitrogens with zero attached hydrogens (tertiary/aromatic N) is 1. The van der Waals surface area contributed by atoms with Gasteiger partial charge in [0.1, 0.15) is 6.04 Å². The van der Waals surface area contributed by atoms with Gasteiger partial charge in [0.05, 0.1) is 4.87 Å². The SMILES string of the molecule is CC12CCC(=O)N1C(C(=O)NCCC(c1ccccc1)c1ccccc1)CS2. The molecule has 4 rings (SSSR count). The van der Waals surface area contributed by atoms with Crippen LogP contribution in [0, 0.1) is 0 Å². The molecular formula is C23H26N2O2S. The second-order valence-electron chi connectivity index (χ2n) is 7.72. The second-order valence-corrected chi connectivity index (χ2v) is 9.22. The number of nitrogens with one attached hydrogen (secondary N) is 1. The summed E-state index contributed by atoms with van der Waals surface area (Å²) in [6, 6.07) is 20.5. The van der Waals surface area contributed by atoms with Crippen molar-refractivity contribution in [1.29, 1.82) is 0 Å². The summed E-state index contributed by atoms with van der Waals surface area (Å²) >= 11 is 1.73. The number of fused-ring (bicyclic) bond motifs is 1. The molecule has 4 nitrogen and oxygen atoms in total. The van der Waals surface area contributed by atoms with E-state index in [1.165, 1.54) is 11.1 Å². The van der Waals surface area contributed by atoms with Crippen LogP contribution in [-0.2, 0) is 9.59 Å². The van der Waals surface area contributed by atoms with Crippen molar-refractivity contribution in [3.05, 3.63) is 71.8 Å². The smallest absolute Gasteiger partial charge is 0.243 e. The first kappa shape index (κ1) is 19.1. The van der Waals surface area contributed by atoms with Gasteiger partial charge in [0, 0.05) is 24.6 Å². The van der Waals surface area contributed by atoms with E-state index in [0.29, 0.717) is 18.7 Å². The fraction of sp³-hybridized carbons (Fsp3) is 0.391. The third-order valence-electron chi connectivity index (χ3n) is 5.88. The lowest BCUT2D eigenvalue weighted by Crippen LogP contribution is -2.50. The summed E-state index contributed by atoms with van der Waals surface area (Å²) in [5.74, 6) is 1.01. The van der Waals surface area contributed by atoms with Gasteiger partial charge in [-0.05, 0) is 30.9 Å². The molecule has 1 N–H and O–H groups in total. The number of amides is 2. The molecule has 2 amide bonds. The van der Waals surface area contributed by atoms with Crippen LogP contribution < -0.4 is 5.32 Å². The average Bonchev–Trinajstić information content (AvgIpc) is 3.22. The molecule has 2 saturated heterocycles. The van der Waals surface area contributed by atoms with Crippen molar-refractivity contribution < 1.29 is 9.59 Å². The molecule has 0 bridgehead atoms. The molecule has 0 saturated carbocycles. The van der Waals surface area contributed by atoms with Crippen molar-refractivity contribution in [2.45, 2.75) is 43.0 Å². The van der Waals surface area contributed by atoms with Crippen LogP contribution in [0.5, 0.6) is 0 Å². The van der Waals surface area contributed by atoms with Crippen molar-refractivity contribution in [3.63, 3.8) is 0 Å². The number of benzene rings is 2. The Kier molecular flexibility index (Phi) is 5.44. The zero-order valence-electron chi connectivity index (χ0n) is 16.1. The average molecular weight is 395 g/mol. The Labute approximate surface area is 170 Å². The fourth-order valence-electron chi connectivity index (χ4n) is 4.37. The predicted octanol–water partition coefficient (Wildman–Crippen LogP) is 3.78. The molecule has 2 aromatic rings. The molecule has 0 aliphatic carbocycles. The van der Waals surface area contributed by atoms with Crippen LogP contribution in [0.2, 0.25) is 0 Å². The minimum Gasteiger partial charge on any atom is -0.354 e. The number of carbonyl (C=O) groups excluding carboxylic acids is 2. The largest absolute Gasteiger partial charge is 0.354 e. The van der Waals surface area contributed by atoms with Crippen molar-refractivity contribution in [2.75, 3.05) is 12.3 Å². The molecule has 2 aromatic carbocycles. The molecule has 146 valence electrons. The summed E-state index contributed by atoms with van der Waals surface area (Å²) < 4.78 is 0. The first-order valence-electron chi connectivity index (χ1n) is 9.92. The van der Waals surface area contributed by atoms with Gasteiger partial charge in [0.25, 0.3) is 0 Å². The Bertz CT molecular complexity index is 803. The highest BCUT2D eigenvalue weighted by atomic mass is 32.2. The van der Waals surface area contributed by atoms with Crippen LogP contribution in [0.1, 0.15) is 43.2 Å². The van der Waals surface area contributed by atoms with E-state index in [2.05, 4.69) is 60.8 Å². The van der Waals surface area contributed by atoms with E-state index in [4.69, 9.17) is 0 Å². The third-order valence-corrected chi connectivity index (χ3v) is 7.39. The third kappa shape index (κ3) is 3.68. The lowest BCUT2D eigenvalue weighted by atomic mass is 9.88. The first-order valence-corrected chi connectivity index (χ1v) is 10.9. The maximum atomic E-state index is 12.8. The van der Waals surface area contributed by atoms with Crippen molar-refractivity contribution in [2.24, 2.45) is 0 Å². The van der Waals surface area contributed by atoms with Crippen LogP contribution in [0.4, 0.5) is 0 Å². The molecule has 0 spiro atoms. The Hall–Kier alpha value is -2.27. The number of thioether (sulfide) groups is 1. The molecule has 2 aliphatic rings.